The Hall–Kier alpha value is -2.77. The molecule has 1 amide bonds. The topological polar surface area (TPSA) is 110 Å². The highest BCUT2D eigenvalue weighted by Gasteiger charge is 2.17. The predicted molar refractivity (Wildman–Crippen MR) is 79.9 cm³/mol. The number of amides is 1. The number of aromatic carboxylic acids is 1. The number of nitrogens with one attached hydrogen (secondary N) is 1. The molecule has 1 saturated carbocycles. The van der Waals surface area contributed by atoms with Crippen LogP contribution in [0.4, 0.5) is 0 Å². The Morgan fingerprint density at radius 1 is 1.22 bits per heavy atom. The summed E-state index contributed by atoms with van der Waals surface area (Å²) >= 11 is 0. The summed E-state index contributed by atoms with van der Waals surface area (Å²) in [4.78, 5) is 30.1. The molecule has 0 saturated heterocycles. The minimum absolute atomic E-state index is 0.0743. The van der Waals surface area contributed by atoms with E-state index in [-0.39, 0.29) is 11.4 Å². The van der Waals surface area contributed by atoms with E-state index in [0.29, 0.717) is 12.6 Å². The minimum atomic E-state index is -1.18. The van der Waals surface area contributed by atoms with Gasteiger partial charge in [-0.15, -0.1) is 0 Å². The summed E-state index contributed by atoms with van der Waals surface area (Å²) in [5.74, 6) is -1.59. The van der Waals surface area contributed by atoms with Crippen molar-refractivity contribution in [1.82, 2.24) is 25.1 Å². The zero-order valence-corrected chi connectivity index (χ0v) is 12.5. The van der Waals surface area contributed by atoms with Crippen LogP contribution in [0.5, 0.6) is 0 Å². The van der Waals surface area contributed by atoms with Crippen LogP contribution in [0.2, 0.25) is 0 Å². The lowest BCUT2D eigenvalue weighted by Crippen LogP contribution is -2.24. The molecule has 2 aromatic rings. The molecule has 2 aromatic heterocycles. The van der Waals surface area contributed by atoms with Gasteiger partial charge in [0.2, 0.25) is 0 Å². The molecule has 0 aliphatic heterocycles. The first kappa shape index (κ1) is 15.1. The first-order valence-corrected chi connectivity index (χ1v) is 7.51. The van der Waals surface area contributed by atoms with Gasteiger partial charge in [0, 0.05) is 6.20 Å². The maximum atomic E-state index is 12.0. The minimum Gasteiger partial charge on any atom is -0.476 e. The van der Waals surface area contributed by atoms with Crippen LogP contribution in [0.15, 0.2) is 24.7 Å². The number of aromatic nitrogens is 4. The van der Waals surface area contributed by atoms with Crippen molar-refractivity contribution in [3.8, 4) is 0 Å². The highest BCUT2D eigenvalue weighted by atomic mass is 16.4. The molecule has 2 N–H and O–H groups in total. The van der Waals surface area contributed by atoms with Crippen LogP contribution >= 0.6 is 0 Å². The van der Waals surface area contributed by atoms with Gasteiger partial charge in [-0.3, -0.25) is 9.48 Å². The molecule has 0 bridgehead atoms. The van der Waals surface area contributed by atoms with E-state index < -0.39 is 11.9 Å². The molecule has 3 rings (SSSR count). The number of carbonyl (C=O) groups is 2. The monoisotopic (exact) mass is 315 g/mol. The highest BCUT2D eigenvalue weighted by Crippen LogP contribution is 2.28. The summed E-state index contributed by atoms with van der Waals surface area (Å²) < 4.78 is 1.97. The second-order valence-electron chi connectivity index (χ2n) is 5.50. The van der Waals surface area contributed by atoms with Crippen LogP contribution in [0.25, 0.3) is 0 Å². The number of carbonyl (C=O) groups excluding carboxylic acids is 1. The zero-order chi connectivity index (χ0) is 16.2. The lowest BCUT2D eigenvalue weighted by Gasteiger charge is -2.09. The Bertz CT molecular complexity index is 704. The van der Waals surface area contributed by atoms with Crippen molar-refractivity contribution in [2.45, 2.75) is 38.3 Å². The lowest BCUT2D eigenvalue weighted by atomic mass is 10.3. The maximum Gasteiger partial charge on any atom is 0.356 e. The van der Waals surface area contributed by atoms with Gasteiger partial charge in [-0.05, 0) is 18.9 Å². The van der Waals surface area contributed by atoms with Crippen molar-refractivity contribution >= 4 is 11.9 Å². The van der Waals surface area contributed by atoms with Gasteiger partial charge in [0.05, 0.1) is 30.7 Å². The van der Waals surface area contributed by atoms with Crippen LogP contribution in [0.1, 0.15) is 58.4 Å². The lowest BCUT2D eigenvalue weighted by molar-refractivity contribution is 0.0689. The smallest absolute Gasteiger partial charge is 0.356 e. The molecule has 0 unspecified atom stereocenters. The summed E-state index contributed by atoms with van der Waals surface area (Å²) in [6, 6.07) is 2.35. The molecule has 1 aliphatic carbocycles. The molecule has 0 aromatic carbocycles. The van der Waals surface area contributed by atoms with E-state index in [9.17, 15) is 9.59 Å². The SMILES string of the molecule is O=C(O)c1cnc(C(=O)NCc2ccn(C3CCCC3)n2)cn1. The van der Waals surface area contributed by atoms with Gasteiger partial charge in [0.25, 0.3) is 5.91 Å². The summed E-state index contributed by atoms with van der Waals surface area (Å²) in [6.45, 7) is 0.293. The van der Waals surface area contributed by atoms with Crippen molar-refractivity contribution in [2.24, 2.45) is 0 Å². The molecule has 1 fully saturated rings. The number of hydrogen-bond donors (Lipinski definition) is 2. The van der Waals surface area contributed by atoms with E-state index in [2.05, 4.69) is 20.4 Å². The van der Waals surface area contributed by atoms with Crippen LogP contribution in [0, 0.1) is 0 Å². The van der Waals surface area contributed by atoms with Crippen molar-refractivity contribution in [1.29, 1.82) is 0 Å². The van der Waals surface area contributed by atoms with Gasteiger partial charge in [-0.25, -0.2) is 14.8 Å². The van der Waals surface area contributed by atoms with E-state index >= 15 is 0 Å². The van der Waals surface area contributed by atoms with Crippen LogP contribution < -0.4 is 5.32 Å². The summed E-state index contributed by atoms with van der Waals surface area (Å²) in [5.41, 5.74) is 0.655. The second-order valence-corrected chi connectivity index (χ2v) is 5.50. The molecule has 0 atom stereocenters. The molecule has 0 spiro atoms. The van der Waals surface area contributed by atoms with Gasteiger partial charge in [-0.2, -0.15) is 5.10 Å². The van der Waals surface area contributed by atoms with Gasteiger partial charge >= 0.3 is 5.97 Å². The van der Waals surface area contributed by atoms with E-state index in [1.54, 1.807) is 0 Å². The van der Waals surface area contributed by atoms with Crippen molar-refractivity contribution in [3.63, 3.8) is 0 Å². The predicted octanol–water partition coefficient (Wildman–Crippen LogP) is 1.42. The van der Waals surface area contributed by atoms with E-state index in [1.165, 1.54) is 12.8 Å². The third-order valence-corrected chi connectivity index (χ3v) is 3.90. The van der Waals surface area contributed by atoms with Gasteiger partial charge in [0.15, 0.2) is 5.69 Å². The molecule has 23 heavy (non-hydrogen) atoms. The summed E-state index contributed by atoms with van der Waals surface area (Å²) in [7, 11) is 0. The second kappa shape index (κ2) is 6.55. The molecular formula is C15H17N5O3. The van der Waals surface area contributed by atoms with Crippen molar-refractivity contribution in [2.75, 3.05) is 0 Å². The molecule has 1 aliphatic rings. The third-order valence-electron chi connectivity index (χ3n) is 3.90. The molecule has 2 heterocycles. The first-order valence-electron chi connectivity index (χ1n) is 7.51. The maximum absolute atomic E-state index is 12.0. The fourth-order valence-corrected chi connectivity index (χ4v) is 2.66. The Morgan fingerprint density at radius 2 is 1.91 bits per heavy atom. The summed E-state index contributed by atoms with van der Waals surface area (Å²) in [5, 5.41) is 15.9. The third kappa shape index (κ3) is 3.53. The Kier molecular flexibility index (Phi) is 4.31. The molecule has 0 radical (unpaired) electrons. The van der Waals surface area contributed by atoms with Crippen molar-refractivity contribution in [3.05, 3.63) is 41.7 Å². The molecule has 120 valence electrons. The first-order chi connectivity index (χ1) is 11.1. The zero-order valence-electron chi connectivity index (χ0n) is 12.5. The number of nitrogens with zero attached hydrogens (tertiary/aromatic N) is 4. The van der Waals surface area contributed by atoms with Gasteiger partial charge < -0.3 is 10.4 Å². The average Bonchev–Trinajstić information content (AvgIpc) is 3.23. The van der Waals surface area contributed by atoms with E-state index in [1.807, 2.05) is 16.9 Å². The fraction of sp³-hybridized carbons (Fsp3) is 0.400. The van der Waals surface area contributed by atoms with Crippen LogP contribution in [-0.2, 0) is 6.54 Å². The molecular weight excluding hydrogens is 298 g/mol. The van der Waals surface area contributed by atoms with Gasteiger partial charge in [0.1, 0.15) is 5.69 Å². The number of carboxylic acid groups (broad SMARTS) is 1. The fourth-order valence-electron chi connectivity index (χ4n) is 2.66. The highest BCUT2D eigenvalue weighted by molar-refractivity contribution is 5.92. The standard InChI is InChI=1S/C15H17N5O3/c21-14(12-8-17-13(9-16-12)15(22)23)18-7-10-5-6-20(19-10)11-3-1-2-4-11/h5-6,8-9,11H,1-4,7H2,(H,18,21)(H,22,23). The van der Waals surface area contributed by atoms with Gasteiger partial charge in [-0.1, -0.05) is 12.8 Å². The normalized spacial score (nSPS) is 14.8. The van der Waals surface area contributed by atoms with Crippen LogP contribution in [-0.4, -0.2) is 36.7 Å². The molecule has 8 heteroatoms. The number of hydrogen-bond acceptors (Lipinski definition) is 5. The Morgan fingerprint density at radius 3 is 2.57 bits per heavy atom. The quantitative estimate of drug-likeness (QED) is 0.863. The van der Waals surface area contributed by atoms with Crippen LogP contribution in [0.3, 0.4) is 0 Å². The number of carboxylic acids is 1. The Balaban J connectivity index is 1.57. The summed E-state index contributed by atoms with van der Waals surface area (Å²) in [6.07, 6.45) is 8.93. The Labute approximate surface area is 132 Å². The largest absolute Gasteiger partial charge is 0.476 e. The van der Waals surface area contributed by atoms with E-state index in [0.717, 1.165) is 30.9 Å². The molecule has 8 nitrogen and oxygen atoms in total. The van der Waals surface area contributed by atoms with E-state index in [4.69, 9.17) is 5.11 Å². The van der Waals surface area contributed by atoms with Crippen molar-refractivity contribution < 1.29 is 14.7 Å². The average molecular weight is 315 g/mol. The number of rotatable bonds is 5.